The first-order chi connectivity index (χ1) is 8.14. The van der Waals surface area contributed by atoms with Crippen LogP contribution in [0.4, 0.5) is 0 Å². The van der Waals surface area contributed by atoms with Crippen LogP contribution >= 0.6 is 0 Å². The molecule has 0 aromatic carbocycles. The molecule has 5 nitrogen and oxygen atoms in total. The van der Waals surface area contributed by atoms with Crippen molar-refractivity contribution in [2.45, 2.75) is 37.6 Å². The third-order valence-corrected chi connectivity index (χ3v) is 3.25. The van der Waals surface area contributed by atoms with Gasteiger partial charge in [0.15, 0.2) is 0 Å². The van der Waals surface area contributed by atoms with E-state index in [0.29, 0.717) is 18.4 Å². The standard InChI is InChI=1S/C12H15NO4/c14-10(9-4-7-17-8-9)13-12(11(15)16)5-2-1-3-6-12/h4,7-8H,1-3,5-6H2,(H,13,14)(H,15,16). The number of amides is 1. The Morgan fingerprint density at radius 2 is 2.00 bits per heavy atom. The fourth-order valence-corrected chi connectivity index (χ4v) is 2.23. The molecule has 0 bridgehead atoms. The molecular weight excluding hydrogens is 222 g/mol. The molecule has 0 radical (unpaired) electrons. The summed E-state index contributed by atoms with van der Waals surface area (Å²) in [7, 11) is 0. The highest BCUT2D eigenvalue weighted by atomic mass is 16.4. The molecule has 2 N–H and O–H groups in total. The maximum Gasteiger partial charge on any atom is 0.329 e. The average Bonchev–Trinajstić information content (AvgIpc) is 2.83. The van der Waals surface area contributed by atoms with Gasteiger partial charge in [0.05, 0.1) is 11.8 Å². The number of hydrogen-bond donors (Lipinski definition) is 2. The van der Waals surface area contributed by atoms with Crippen LogP contribution in [0.1, 0.15) is 42.5 Å². The molecule has 1 saturated carbocycles. The van der Waals surface area contributed by atoms with Crippen molar-refractivity contribution in [3.05, 3.63) is 24.2 Å². The van der Waals surface area contributed by atoms with Gasteiger partial charge in [-0.2, -0.15) is 0 Å². The Kier molecular flexibility index (Phi) is 3.17. The van der Waals surface area contributed by atoms with Gasteiger partial charge in [0, 0.05) is 0 Å². The smallest absolute Gasteiger partial charge is 0.329 e. The second kappa shape index (κ2) is 4.61. The molecule has 2 rings (SSSR count). The van der Waals surface area contributed by atoms with Crippen LogP contribution in [0.5, 0.6) is 0 Å². The van der Waals surface area contributed by atoms with Gasteiger partial charge < -0.3 is 14.8 Å². The van der Waals surface area contributed by atoms with Crippen molar-refractivity contribution in [1.82, 2.24) is 5.32 Å². The average molecular weight is 237 g/mol. The summed E-state index contributed by atoms with van der Waals surface area (Å²) in [5.74, 6) is -1.34. The summed E-state index contributed by atoms with van der Waals surface area (Å²) >= 11 is 0. The number of nitrogens with one attached hydrogen (secondary N) is 1. The van der Waals surface area contributed by atoms with Gasteiger partial charge in [0.1, 0.15) is 11.8 Å². The second-order valence-corrected chi connectivity index (χ2v) is 4.41. The van der Waals surface area contributed by atoms with Gasteiger partial charge in [-0.15, -0.1) is 0 Å². The van der Waals surface area contributed by atoms with E-state index in [1.54, 1.807) is 0 Å². The van der Waals surface area contributed by atoms with E-state index < -0.39 is 11.5 Å². The summed E-state index contributed by atoms with van der Waals surface area (Å²) in [6.07, 6.45) is 6.38. The lowest BCUT2D eigenvalue weighted by atomic mass is 9.81. The lowest BCUT2D eigenvalue weighted by Gasteiger charge is -2.33. The number of furan rings is 1. The van der Waals surface area contributed by atoms with Crippen molar-refractivity contribution < 1.29 is 19.1 Å². The first kappa shape index (κ1) is 11.7. The molecule has 1 heterocycles. The predicted molar refractivity (Wildman–Crippen MR) is 59.6 cm³/mol. The van der Waals surface area contributed by atoms with E-state index in [1.165, 1.54) is 18.6 Å². The summed E-state index contributed by atoms with van der Waals surface area (Å²) in [6.45, 7) is 0. The zero-order valence-corrected chi connectivity index (χ0v) is 9.44. The summed E-state index contributed by atoms with van der Waals surface area (Å²) in [6, 6.07) is 1.52. The summed E-state index contributed by atoms with van der Waals surface area (Å²) in [5.41, 5.74) is -0.747. The molecule has 1 aliphatic rings. The van der Waals surface area contributed by atoms with E-state index in [9.17, 15) is 14.7 Å². The van der Waals surface area contributed by atoms with Crippen LogP contribution in [0.2, 0.25) is 0 Å². The Morgan fingerprint density at radius 1 is 1.29 bits per heavy atom. The number of hydrogen-bond acceptors (Lipinski definition) is 3. The van der Waals surface area contributed by atoms with Gasteiger partial charge in [0.2, 0.25) is 0 Å². The molecule has 92 valence electrons. The highest BCUT2D eigenvalue weighted by Crippen LogP contribution is 2.28. The minimum absolute atomic E-state index is 0.358. The van der Waals surface area contributed by atoms with Crippen molar-refractivity contribution in [3.8, 4) is 0 Å². The maximum absolute atomic E-state index is 11.8. The van der Waals surface area contributed by atoms with E-state index in [4.69, 9.17) is 4.42 Å². The Bertz CT molecular complexity index is 404. The van der Waals surface area contributed by atoms with Crippen LogP contribution in [0.15, 0.2) is 23.0 Å². The fraction of sp³-hybridized carbons (Fsp3) is 0.500. The lowest BCUT2D eigenvalue weighted by Crippen LogP contribution is -2.55. The molecule has 17 heavy (non-hydrogen) atoms. The van der Waals surface area contributed by atoms with E-state index in [2.05, 4.69) is 5.32 Å². The van der Waals surface area contributed by atoms with Crippen LogP contribution in [-0.4, -0.2) is 22.5 Å². The number of carboxylic acids is 1. The molecule has 1 aromatic rings. The van der Waals surface area contributed by atoms with Crippen molar-refractivity contribution in [2.24, 2.45) is 0 Å². The first-order valence-electron chi connectivity index (χ1n) is 5.72. The summed E-state index contributed by atoms with van der Waals surface area (Å²) < 4.78 is 4.81. The molecule has 1 aromatic heterocycles. The molecule has 1 amide bonds. The highest BCUT2D eigenvalue weighted by Gasteiger charge is 2.41. The van der Waals surface area contributed by atoms with Gasteiger partial charge >= 0.3 is 5.97 Å². The van der Waals surface area contributed by atoms with Gasteiger partial charge in [-0.05, 0) is 18.9 Å². The fourth-order valence-electron chi connectivity index (χ4n) is 2.23. The van der Waals surface area contributed by atoms with E-state index in [0.717, 1.165) is 19.3 Å². The molecule has 0 aliphatic heterocycles. The monoisotopic (exact) mass is 237 g/mol. The van der Waals surface area contributed by atoms with Crippen LogP contribution in [0.25, 0.3) is 0 Å². The third-order valence-electron chi connectivity index (χ3n) is 3.25. The van der Waals surface area contributed by atoms with Gasteiger partial charge in [-0.3, -0.25) is 4.79 Å². The Labute approximate surface area is 98.8 Å². The van der Waals surface area contributed by atoms with Crippen molar-refractivity contribution in [1.29, 1.82) is 0 Å². The quantitative estimate of drug-likeness (QED) is 0.840. The second-order valence-electron chi connectivity index (χ2n) is 4.41. The first-order valence-corrected chi connectivity index (χ1v) is 5.72. The minimum atomic E-state index is -1.10. The normalized spacial score (nSPS) is 18.6. The van der Waals surface area contributed by atoms with Crippen LogP contribution in [-0.2, 0) is 4.79 Å². The number of carboxylic acid groups (broad SMARTS) is 1. The summed E-state index contributed by atoms with van der Waals surface area (Å²) in [4.78, 5) is 23.2. The van der Waals surface area contributed by atoms with E-state index in [-0.39, 0.29) is 5.91 Å². The summed E-state index contributed by atoms with van der Waals surface area (Å²) in [5, 5.41) is 11.9. The van der Waals surface area contributed by atoms with Gasteiger partial charge in [-0.25, -0.2) is 4.79 Å². The number of carbonyl (C=O) groups excluding carboxylic acids is 1. The molecule has 5 heteroatoms. The van der Waals surface area contributed by atoms with Gasteiger partial charge in [0.25, 0.3) is 5.91 Å². The maximum atomic E-state index is 11.8. The number of aliphatic carboxylic acids is 1. The Balaban J connectivity index is 2.13. The molecular formula is C12H15NO4. The van der Waals surface area contributed by atoms with Gasteiger partial charge in [-0.1, -0.05) is 19.3 Å². The van der Waals surface area contributed by atoms with E-state index in [1.807, 2.05) is 0 Å². The number of carbonyl (C=O) groups is 2. The predicted octanol–water partition coefficient (Wildman–Crippen LogP) is 1.80. The van der Waals surface area contributed by atoms with Crippen molar-refractivity contribution in [2.75, 3.05) is 0 Å². The van der Waals surface area contributed by atoms with Crippen molar-refractivity contribution >= 4 is 11.9 Å². The zero-order chi connectivity index (χ0) is 12.3. The van der Waals surface area contributed by atoms with Crippen LogP contribution < -0.4 is 5.32 Å². The Morgan fingerprint density at radius 3 is 2.53 bits per heavy atom. The molecule has 1 fully saturated rings. The molecule has 0 saturated heterocycles. The molecule has 0 atom stereocenters. The zero-order valence-electron chi connectivity index (χ0n) is 9.44. The molecule has 0 spiro atoms. The number of rotatable bonds is 3. The largest absolute Gasteiger partial charge is 0.480 e. The third kappa shape index (κ3) is 2.33. The van der Waals surface area contributed by atoms with Crippen molar-refractivity contribution in [3.63, 3.8) is 0 Å². The topological polar surface area (TPSA) is 79.5 Å². The van der Waals surface area contributed by atoms with Crippen LogP contribution in [0, 0.1) is 0 Å². The SMILES string of the molecule is O=C(NC1(C(=O)O)CCCCC1)c1ccoc1. The van der Waals surface area contributed by atoms with Crippen LogP contribution in [0.3, 0.4) is 0 Å². The highest BCUT2D eigenvalue weighted by molar-refractivity contribution is 5.97. The van der Waals surface area contributed by atoms with E-state index >= 15 is 0 Å². The molecule has 0 unspecified atom stereocenters. The lowest BCUT2D eigenvalue weighted by molar-refractivity contribution is -0.145. The Hall–Kier alpha value is -1.78. The minimum Gasteiger partial charge on any atom is -0.480 e. The molecule has 1 aliphatic carbocycles.